The molecule has 0 heterocycles. The van der Waals surface area contributed by atoms with Gasteiger partial charge in [-0.05, 0) is 44.2 Å². The third-order valence-corrected chi connectivity index (χ3v) is 4.26. The Balaban J connectivity index is 2.37. The van der Waals surface area contributed by atoms with E-state index >= 15 is 0 Å². The molecule has 0 aliphatic carbocycles. The summed E-state index contributed by atoms with van der Waals surface area (Å²) in [6, 6.07) is 9.72. The minimum absolute atomic E-state index is 0.0884. The van der Waals surface area contributed by atoms with Crippen molar-refractivity contribution in [2.45, 2.75) is 13.8 Å². The van der Waals surface area contributed by atoms with Crippen LogP contribution in [-0.4, -0.2) is 50.6 Å². The molecule has 2 rings (SSSR count). The Bertz CT molecular complexity index is 854. The van der Waals surface area contributed by atoms with Gasteiger partial charge in [0, 0.05) is 36.6 Å². The molecule has 0 spiro atoms. The van der Waals surface area contributed by atoms with E-state index in [1.54, 1.807) is 12.1 Å². The van der Waals surface area contributed by atoms with E-state index in [2.05, 4.69) is 9.89 Å². The number of aromatic hydroxyl groups is 1. The smallest absolute Gasteiger partial charge is 0.337 e. The molecule has 2 aromatic rings. The van der Waals surface area contributed by atoms with Crippen LogP contribution in [0.15, 0.2) is 41.4 Å². The third kappa shape index (κ3) is 4.88. The summed E-state index contributed by atoms with van der Waals surface area (Å²) < 4.78 is 9.42. The quantitative estimate of drug-likeness (QED) is 0.580. The number of phenolic OH excluding ortho intramolecular Hbond substituents is 1. The molecule has 0 unspecified atom stereocenters. The van der Waals surface area contributed by atoms with Crippen molar-refractivity contribution in [3.8, 4) is 5.75 Å². The van der Waals surface area contributed by atoms with Crippen LogP contribution in [-0.2, 0) is 9.47 Å². The molecule has 0 radical (unpaired) electrons. The molecule has 0 aliphatic heterocycles. The number of carbonyl (C=O) groups is 2. The Kier molecular flexibility index (Phi) is 7.14. The Morgan fingerprint density at radius 1 is 1.00 bits per heavy atom. The highest BCUT2D eigenvalue weighted by Gasteiger charge is 2.13. The van der Waals surface area contributed by atoms with Crippen molar-refractivity contribution in [1.82, 2.24) is 0 Å². The van der Waals surface area contributed by atoms with E-state index in [9.17, 15) is 14.7 Å². The molecule has 7 heteroatoms. The van der Waals surface area contributed by atoms with Crippen LogP contribution in [0.2, 0.25) is 0 Å². The van der Waals surface area contributed by atoms with Crippen molar-refractivity contribution in [2.75, 3.05) is 32.2 Å². The molecule has 0 bridgehead atoms. The van der Waals surface area contributed by atoms with E-state index in [4.69, 9.17) is 9.47 Å². The molecule has 2 aromatic carbocycles. The predicted molar refractivity (Wildman–Crippen MR) is 108 cm³/mol. The first-order valence-corrected chi connectivity index (χ1v) is 8.87. The van der Waals surface area contributed by atoms with Gasteiger partial charge in [0.1, 0.15) is 5.75 Å². The Hall–Kier alpha value is -3.35. The van der Waals surface area contributed by atoms with Crippen LogP contribution < -0.4 is 4.90 Å². The van der Waals surface area contributed by atoms with E-state index in [-0.39, 0.29) is 16.9 Å². The van der Waals surface area contributed by atoms with E-state index in [0.717, 1.165) is 18.8 Å². The van der Waals surface area contributed by atoms with Crippen LogP contribution >= 0.6 is 0 Å². The number of carbonyl (C=O) groups excluding carboxylic acids is 2. The molecular weight excluding hydrogens is 360 g/mol. The van der Waals surface area contributed by atoms with E-state index < -0.39 is 11.9 Å². The maximum absolute atomic E-state index is 11.8. The number of phenols is 1. The Morgan fingerprint density at radius 3 is 2.04 bits per heavy atom. The summed E-state index contributed by atoms with van der Waals surface area (Å²) >= 11 is 0. The minimum Gasteiger partial charge on any atom is -0.507 e. The van der Waals surface area contributed by atoms with Crippen LogP contribution in [0.5, 0.6) is 5.75 Å². The number of methoxy groups -OCH3 is 2. The molecule has 0 aromatic heterocycles. The monoisotopic (exact) mass is 384 g/mol. The van der Waals surface area contributed by atoms with E-state index in [1.807, 2.05) is 19.9 Å². The SMILES string of the molecule is CCN(CC)c1ccc(C=Nc2cc(C(=O)OC)cc(C(=O)OC)c2)c(O)c1. The van der Waals surface area contributed by atoms with Crippen LogP contribution in [0.4, 0.5) is 11.4 Å². The Morgan fingerprint density at radius 2 is 1.57 bits per heavy atom. The molecule has 0 fully saturated rings. The molecule has 0 amide bonds. The molecular formula is C21H24N2O5. The fraction of sp³-hybridized carbons (Fsp3) is 0.286. The summed E-state index contributed by atoms with van der Waals surface area (Å²) in [6.07, 6.45) is 1.47. The average Bonchev–Trinajstić information content (AvgIpc) is 2.72. The lowest BCUT2D eigenvalue weighted by Gasteiger charge is -2.21. The van der Waals surface area contributed by atoms with Crippen molar-refractivity contribution in [2.24, 2.45) is 4.99 Å². The average molecular weight is 384 g/mol. The van der Waals surface area contributed by atoms with Crippen LogP contribution in [0.3, 0.4) is 0 Å². The first kappa shape index (κ1) is 21.0. The van der Waals surface area contributed by atoms with Gasteiger partial charge in [0.25, 0.3) is 0 Å². The zero-order chi connectivity index (χ0) is 20.7. The van der Waals surface area contributed by atoms with Gasteiger partial charge in [-0.2, -0.15) is 0 Å². The lowest BCUT2D eigenvalue weighted by molar-refractivity contribution is 0.0599. The molecule has 148 valence electrons. The molecule has 0 saturated carbocycles. The number of rotatable bonds is 7. The highest BCUT2D eigenvalue weighted by Crippen LogP contribution is 2.25. The van der Waals surface area contributed by atoms with Crippen LogP contribution in [0.25, 0.3) is 0 Å². The van der Waals surface area contributed by atoms with Gasteiger partial charge in [0.2, 0.25) is 0 Å². The fourth-order valence-corrected chi connectivity index (χ4v) is 2.73. The number of hydrogen-bond donors (Lipinski definition) is 1. The molecule has 28 heavy (non-hydrogen) atoms. The molecule has 1 N–H and O–H groups in total. The van der Waals surface area contributed by atoms with Crippen molar-refractivity contribution in [1.29, 1.82) is 0 Å². The number of nitrogens with zero attached hydrogens (tertiary/aromatic N) is 2. The van der Waals surface area contributed by atoms with Gasteiger partial charge in [-0.3, -0.25) is 4.99 Å². The second-order valence-corrected chi connectivity index (χ2v) is 5.93. The largest absolute Gasteiger partial charge is 0.507 e. The van der Waals surface area contributed by atoms with Gasteiger partial charge in [-0.1, -0.05) is 0 Å². The zero-order valence-corrected chi connectivity index (χ0v) is 16.4. The second-order valence-electron chi connectivity index (χ2n) is 5.93. The van der Waals surface area contributed by atoms with Gasteiger partial charge in [0.15, 0.2) is 0 Å². The van der Waals surface area contributed by atoms with E-state index in [1.165, 1.54) is 38.6 Å². The van der Waals surface area contributed by atoms with Crippen LogP contribution in [0, 0.1) is 0 Å². The normalized spacial score (nSPS) is 10.7. The lowest BCUT2D eigenvalue weighted by Crippen LogP contribution is -2.21. The van der Waals surface area contributed by atoms with Gasteiger partial charge < -0.3 is 19.5 Å². The molecule has 0 saturated heterocycles. The third-order valence-electron chi connectivity index (χ3n) is 4.26. The minimum atomic E-state index is -0.589. The number of anilines is 1. The standard InChI is InChI=1S/C21H24N2O5/c1-5-23(6-2)18-8-7-14(19(24)12-18)13-22-17-10-15(20(25)27-3)9-16(11-17)21(26)28-4/h7-13,24H,5-6H2,1-4H3. The topological polar surface area (TPSA) is 88.4 Å². The summed E-state index contributed by atoms with van der Waals surface area (Å²) in [7, 11) is 2.51. The summed E-state index contributed by atoms with van der Waals surface area (Å²) in [4.78, 5) is 30.1. The number of benzene rings is 2. The van der Waals surface area contributed by atoms with Crippen molar-refractivity contribution < 1.29 is 24.2 Å². The maximum atomic E-state index is 11.8. The van der Waals surface area contributed by atoms with Crippen molar-refractivity contribution >= 4 is 29.5 Å². The highest BCUT2D eigenvalue weighted by molar-refractivity contribution is 5.97. The first-order chi connectivity index (χ1) is 13.4. The fourth-order valence-electron chi connectivity index (χ4n) is 2.73. The van der Waals surface area contributed by atoms with Gasteiger partial charge in [-0.25, -0.2) is 9.59 Å². The summed E-state index contributed by atoms with van der Waals surface area (Å²) in [6.45, 7) is 5.76. The predicted octanol–water partition coefficient (Wildman–Crippen LogP) is 3.56. The van der Waals surface area contributed by atoms with Crippen molar-refractivity contribution in [3.05, 3.63) is 53.1 Å². The highest BCUT2D eigenvalue weighted by atomic mass is 16.5. The second kappa shape index (κ2) is 9.55. The van der Waals surface area contributed by atoms with Crippen molar-refractivity contribution in [3.63, 3.8) is 0 Å². The molecule has 0 aliphatic rings. The first-order valence-electron chi connectivity index (χ1n) is 8.87. The number of hydrogen-bond acceptors (Lipinski definition) is 7. The number of ether oxygens (including phenoxy) is 2. The van der Waals surface area contributed by atoms with Gasteiger partial charge >= 0.3 is 11.9 Å². The Labute approximate surface area is 164 Å². The molecule has 7 nitrogen and oxygen atoms in total. The summed E-state index contributed by atoms with van der Waals surface area (Å²) in [5.74, 6) is -1.09. The van der Waals surface area contributed by atoms with Crippen LogP contribution in [0.1, 0.15) is 40.1 Å². The number of aliphatic imine (C=N–C) groups is 1. The lowest BCUT2D eigenvalue weighted by atomic mass is 10.1. The number of esters is 2. The zero-order valence-electron chi connectivity index (χ0n) is 16.4. The van der Waals surface area contributed by atoms with Gasteiger partial charge in [0.05, 0.1) is 31.0 Å². The summed E-state index contributed by atoms with van der Waals surface area (Å²) in [5.41, 5.74) is 2.15. The summed E-state index contributed by atoms with van der Waals surface area (Å²) in [5, 5.41) is 10.3. The molecule has 0 atom stereocenters. The maximum Gasteiger partial charge on any atom is 0.337 e. The van der Waals surface area contributed by atoms with E-state index in [0.29, 0.717) is 11.3 Å². The van der Waals surface area contributed by atoms with Gasteiger partial charge in [-0.15, -0.1) is 0 Å².